The maximum absolute atomic E-state index is 12.6. The van der Waals surface area contributed by atoms with E-state index >= 15 is 0 Å². The van der Waals surface area contributed by atoms with Gasteiger partial charge in [0.25, 0.3) is 0 Å². The Kier molecular flexibility index (Phi) is 5.99. The van der Waals surface area contributed by atoms with Gasteiger partial charge in [-0.25, -0.2) is 9.59 Å². The van der Waals surface area contributed by atoms with Crippen molar-refractivity contribution in [3.8, 4) is 0 Å². The number of amides is 2. The molecule has 0 spiro atoms. The van der Waals surface area contributed by atoms with Crippen LogP contribution >= 0.6 is 0 Å². The summed E-state index contributed by atoms with van der Waals surface area (Å²) in [7, 11) is 1.26. The quantitative estimate of drug-likeness (QED) is 0.748. The van der Waals surface area contributed by atoms with Gasteiger partial charge in [-0.05, 0) is 26.2 Å². The highest BCUT2D eigenvalue weighted by Crippen LogP contribution is 2.34. The van der Waals surface area contributed by atoms with E-state index in [2.05, 4.69) is 4.74 Å². The molecular formula is C14H24N2O5. The molecule has 2 amide bonds. The second kappa shape index (κ2) is 7.28. The minimum Gasteiger partial charge on any atom is -0.479 e. The van der Waals surface area contributed by atoms with Gasteiger partial charge in [0.15, 0.2) is 0 Å². The Morgan fingerprint density at radius 3 is 2.48 bits per heavy atom. The summed E-state index contributed by atoms with van der Waals surface area (Å²) in [5.74, 6) is -1.48. The number of hydrogen-bond acceptors (Lipinski definition) is 4. The molecule has 1 N–H and O–H groups in total. The monoisotopic (exact) mass is 300 g/mol. The van der Waals surface area contributed by atoms with Gasteiger partial charge in [-0.15, -0.1) is 0 Å². The van der Waals surface area contributed by atoms with E-state index in [1.54, 1.807) is 6.92 Å². The summed E-state index contributed by atoms with van der Waals surface area (Å²) in [6, 6.07) is -0.406. The normalized spacial score (nSPS) is 21.2. The lowest BCUT2D eigenvalue weighted by Gasteiger charge is -2.37. The molecule has 1 fully saturated rings. The molecule has 1 aliphatic heterocycles. The number of urea groups is 1. The number of ether oxygens (including phenoxy) is 1. The number of carboxylic acids is 1. The van der Waals surface area contributed by atoms with Gasteiger partial charge in [-0.1, -0.05) is 13.3 Å². The summed E-state index contributed by atoms with van der Waals surface area (Å²) < 4.78 is 4.57. The minimum atomic E-state index is -1.14. The van der Waals surface area contributed by atoms with Crippen LogP contribution in [0, 0.1) is 0 Å². The first-order chi connectivity index (χ1) is 9.92. The highest BCUT2D eigenvalue weighted by Gasteiger charge is 2.50. The van der Waals surface area contributed by atoms with Crippen molar-refractivity contribution in [2.75, 3.05) is 26.7 Å². The molecule has 0 radical (unpaired) electrons. The molecule has 0 bridgehead atoms. The Labute approximate surface area is 124 Å². The molecule has 1 unspecified atom stereocenters. The standard InChI is InChI=1S/C14H24N2O5/c1-4-7-14(12(18)19)8-6-9-16(14)13(20)15(5-2)10-11(17)21-3/h4-10H2,1-3H3,(H,18,19). The van der Waals surface area contributed by atoms with Crippen LogP contribution in [0.15, 0.2) is 0 Å². The van der Waals surface area contributed by atoms with E-state index < -0.39 is 23.5 Å². The molecule has 1 rings (SSSR count). The highest BCUT2D eigenvalue weighted by molar-refractivity contribution is 5.88. The molecule has 0 saturated carbocycles. The first kappa shape index (κ1) is 17.3. The number of nitrogens with zero attached hydrogens (tertiary/aromatic N) is 2. The van der Waals surface area contributed by atoms with Crippen LogP contribution in [-0.4, -0.2) is 65.2 Å². The van der Waals surface area contributed by atoms with Crippen LogP contribution in [0.25, 0.3) is 0 Å². The molecule has 21 heavy (non-hydrogen) atoms. The summed E-state index contributed by atoms with van der Waals surface area (Å²) in [6.45, 7) is 4.22. The number of aliphatic carboxylic acids is 1. The number of hydrogen-bond donors (Lipinski definition) is 1. The molecule has 1 saturated heterocycles. The number of likely N-dealkylation sites (tertiary alicyclic amines) is 1. The van der Waals surface area contributed by atoms with Crippen molar-refractivity contribution in [2.24, 2.45) is 0 Å². The smallest absolute Gasteiger partial charge is 0.329 e. The third-order valence-electron chi connectivity index (χ3n) is 3.98. The molecule has 1 aliphatic rings. The van der Waals surface area contributed by atoms with Gasteiger partial charge in [-0.3, -0.25) is 4.79 Å². The van der Waals surface area contributed by atoms with Crippen LogP contribution in [0.2, 0.25) is 0 Å². The zero-order chi connectivity index (χ0) is 16.0. The van der Waals surface area contributed by atoms with Gasteiger partial charge in [0.05, 0.1) is 7.11 Å². The zero-order valence-electron chi connectivity index (χ0n) is 12.9. The van der Waals surface area contributed by atoms with Crippen LogP contribution in [0.5, 0.6) is 0 Å². The molecule has 0 aromatic carbocycles. The Balaban J connectivity index is 2.96. The second-order valence-corrected chi connectivity index (χ2v) is 5.21. The number of carbonyl (C=O) groups is 3. The third kappa shape index (κ3) is 3.46. The number of carboxylic acid groups (broad SMARTS) is 1. The SMILES string of the molecule is CCCC1(C(=O)O)CCCN1C(=O)N(CC)CC(=O)OC. The fourth-order valence-corrected chi connectivity index (χ4v) is 2.87. The fraction of sp³-hybridized carbons (Fsp3) is 0.786. The van der Waals surface area contributed by atoms with Gasteiger partial charge in [0, 0.05) is 13.1 Å². The minimum absolute atomic E-state index is 0.163. The lowest BCUT2D eigenvalue weighted by atomic mass is 9.91. The average molecular weight is 300 g/mol. The van der Waals surface area contributed by atoms with Crippen LogP contribution < -0.4 is 0 Å². The highest BCUT2D eigenvalue weighted by atomic mass is 16.5. The van der Waals surface area contributed by atoms with E-state index in [4.69, 9.17) is 0 Å². The van der Waals surface area contributed by atoms with Crippen molar-refractivity contribution >= 4 is 18.0 Å². The lowest BCUT2D eigenvalue weighted by Crippen LogP contribution is -2.57. The Morgan fingerprint density at radius 2 is 2.00 bits per heavy atom. The van der Waals surface area contributed by atoms with Crippen LogP contribution in [0.4, 0.5) is 4.79 Å². The second-order valence-electron chi connectivity index (χ2n) is 5.21. The predicted molar refractivity (Wildman–Crippen MR) is 75.9 cm³/mol. The summed E-state index contributed by atoms with van der Waals surface area (Å²) in [5.41, 5.74) is -1.14. The van der Waals surface area contributed by atoms with E-state index in [-0.39, 0.29) is 6.54 Å². The van der Waals surface area contributed by atoms with Crippen molar-refractivity contribution < 1.29 is 24.2 Å². The predicted octanol–water partition coefficient (Wildman–Crippen LogP) is 1.32. The molecule has 1 atom stereocenters. The number of likely N-dealkylation sites (N-methyl/N-ethyl adjacent to an activating group) is 1. The van der Waals surface area contributed by atoms with Crippen molar-refractivity contribution in [2.45, 2.75) is 45.1 Å². The number of rotatable bonds is 6. The van der Waals surface area contributed by atoms with E-state index in [0.717, 1.165) is 0 Å². The van der Waals surface area contributed by atoms with E-state index in [9.17, 15) is 19.5 Å². The summed E-state index contributed by atoms with van der Waals surface area (Å²) in [4.78, 5) is 38.4. The third-order valence-corrected chi connectivity index (χ3v) is 3.98. The molecule has 0 aliphatic carbocycles. The van der Waals surface area contributed by atoms with Crippen molar-refractivity contribution in [3.05, 3.63) is 0 Å². The summed E-state index contributed by atoms with van der Waals surface area (Å²) >= 11 is 0. The molecule has 120 valence electrons. The lowest BCUT2D eigenvalue weighted by molar-refractivity contribution is -0.149. The van der Waals surface area contributed by atoms with E-state index in [1.807, 2.05) is 6.92 Å². The molecule has 1 heterocycles. The first-order valence-corrected chi connectivity index (χ1v) is 7.29. The maximum Gasteiger partial charge on any atom is 0.329 e. The maximum atomic E-state index is 12.6. The fourth-order valence-electron chi connectivity index (χ4n) is 2.87. The zero-order valence-corrected chi connectivity index (χ0v) is 12.9. The number of carbonyl (C=O) groups excluding carboxylic acids is 2. The van der Waals surface area contributed by atoms with Gasteiger partial charge < -0.3 is 19.6 Å². The van der Waals surface area contributed by atoms with Crippen molar-refractivity contribution in [1.82, 2.24) is 9.80 Å². The summed E-state index contributed by atoms with van der Waals surface area (Å²) in [5, 5.41) is 9.59. The summed E-state index contributed by atoms with van der Waals surface area (Å²) in [6.07, 6.45) is 2.22. The Morgan fingerprint density at radius 1 is 1.33 bits per heavy atom. The van der Waals surface area contributed by atoms with E-state index in [1.165, 1.54) is 16.9 Å². The van der Waals surface area contributed by atoms with Gasteiger partial charge >= 0.3 is 18.0 Å². The number of methoxy groups -OCH3 is 1. The van der Waals surface area contributed by atoms with Crippen LogP contribution in [0.1, 0.15) is 39.5 Å². The van der Waals surface area contributed by atoms with E-state index in [0.29, 0.717) is 38.8 Å². The molecule has 7 heteroatoms. The molecule has 0 aromatic rings. The largest absolute Gasteiger partial charge is 0.479 e. The van der Waals surface area contributed by atoms with Crippen molar-refractivity contribution in [1.29, 1.82) is 0 Å². The topological polar surface area (TPSA) is 87.2 Å². The van der Waals surface area contributed by atoms with Crippen LogP contribution in [-0.2, 0) is 14.3 Å². The van der Waals surface area contributed by atoms with Crippen LogP contribution in [0.3, 0.4) is 0 Å². The molecular weight excluding hydrogens is 276 g/mol. The van der Waals surface area contributed by atoms with Gasteiger partial charge in [-0.2, -0.15) is 0 Å². The average Bonchev–Trinajstić information content (AvgIpc) is 2.89. The molecule has 7 nitrogen and oxygen atoms in total. The van der Waals surface area contributed by atoms with Gasteiger partial charge in [0.2, 0.25) is 0 Å². The van der Waals surface area contributed by atoms with Gasteiger partial charge in [0.1, 0.15) is 12.1 Å². The Hall–Kier alpha value is -1.79. The Bertz CT molecular complexity index is 412. The first-order valence-electron chi connectivity index (χ1n) is 7.29. The van der Waals surface area contributed by atoms with Crippen molar-refractivity contribution in [3.63, 3.8) is 0 Å². The molecule has 0 aromatic heterocycles. The number of esters is 1.